The fourth-order valence-electron chi connectivity index (χ4n) is 5.57. The Hall–Kier alpha value is -4.33. The third-order valence-corrected chi connectivity index (χ3v) is 9.80. The van der Waals surface area contributed by atoms with E-state index in [2.05, 4.69) is 25.9 Å². The summed E-state index contributed by atoms with van der Waals surface area (Å²) >= 11 is 2.87. The minimum atomic E-state index is -1.20. The third-order valence-electron chi connectivity index (χ3n) is 8.28. The second-order valence-corrected chi connectivity index (χ2v) is 13.8. The quantitative estimate of drug-likeness (QED) is 0.136. The molecule has 4 atom stereocenters. The number of nitrogens with zero attached hydrogens (tertiary/aromatic N) is 3. The molecule has 2 aromatic heterocycles. The predicted octanol–water partition coefficient (Wildman–Crippen LogP) is 4.54. The molecule has 1 fully saturated rings. The first kappa shape index (κ1) is 34.0. The fourth-order valence-corrected chi connectivity index (χ4v) is 6.73. The molecule has 4 N–H and O–H groups in total. The number of carbonyl (C=O) groups excluding carboxylic acids is 3. The van der Waals surface area contributed by atoms with Gasteiger partial charge in [0, 0.05) is 48.9 Å². The number of carbonyl (C=O) groups is 3. The summed E-state index contributed by atoms with van der Waals surface area (Å²) in [4.78, 5) is 51.3. The van der Waals surface area contributed by atoms with Crippen molar-refractivity contribution in [3.05, 3.63) is 105 Å². The molecule has 1 aliphatic carbocycles. The van der Waals surface area contributed by atoms with Crippen LogP contribution >= 0.6 is 22.7 Å². The number of hydrogen-bond donors (Lipinski definition) is 4. The van der Waals surface area contributed by atoms with Gasteiger partial charge in [0.25, 0.3) is 0 Å². The number of alkyl carbamates (subject to hydrolysis) is 1. The SMILES string of the molecule is CN(Cc1cncs1)C(=O)NC1(C(=O)N[C@H](CC[C@H](Cc2ccccc2)NC(=O)OCc2cncs2)Cc2ccccc2)CC1CO. The normalized spacial score (nSPS) is 18.0. The topological polar surface area (TPSA) is 146 Å². The van der Waals surface area contributed by atoms with Gasteiger partial charge in [-0.2, -0.15) is 0 Å². The van der Waals surface area contributed by atoms with Gasteiger partial charge in [-0.15, -0.1) is 22.7 Å². The van der Waals surface area contributed by atoms with Crippen LogP contribution in [-0.2, 0) is 35.5 Å². The van der Waals surface area contributed by atoms with Crippen LogP contribution in [0.1, 0.15) is 40.1 Å². The molecule has 2 heterocycles. The number of rotatable bonds is 16. The second kappa shape index (κ2) is 16.5. The molecular weight excluding hydrogens is 637 g/mol. The summed E-state index contributed by atoms with van der Waals surface area (Å²) in [6.45, 7) is 0.278. The first-order chi connectivity index (χ1) is 22.8. The molecule has 5 rings (SSSR count). The van der Waals surface area contributed by atoms with E-state index in [0.717, 1.165) is 20.9 Å². The van der Waals surface area contributed by atoms with Gasteiger partial charge in [0.1, 0.15) is 12.1 Å². The van der Waals surface area contributed by atoms with E-state index >= 15 is 0 Å². The molecule has 2 aromatic carbocycles. The Bertz CT molecular complexity index is 1560. The summed E-state index contributed by atoms with van der Waals surface area (Å²) < 4.78 is 5.47. The highest BCUT2D eigenvalue weighted by Gasteiger charge is 2.61. The van der Waals surface area contributed by atoms with Crippen LogP contribution in [0.4, 0.5) is 9.59 Å². The van der Waals surface area contributed by atoms with Gasteiger partial charge in [0.15, 0.2) is 0 Å². The van der Waals surface area contributed by atoms with Crippen LogP contribution in [0.5, 0.6) is 0 Å². The molecule has 4 amide bonds. The van der Waals surface area contributed by atoms with Gasteiger partial charge >= 0.3 is 12.1 Å². The molecule has 0 radical (unpaired) electrons. The van der Waals surface area contributed by atoms with E-state index in [9.17, 15) is 19.5 Å². The smallest absolute Gasteiger partial charge is 0.407 e. The van der Waals surface area contributed by atoms with Gasteiger partial charge in [-0.1, -0.05) is 60.7 Å². The zero-order valence-corrected chi connectivity index (χ0v) is 27.8. The molecule has 13 heteroatoms. The van der Waals surface area contributed by atoms with Gasteiger partial charge in [-0.25, -0.2) is 9.59 Å². The van der Waals surface area contributed by atoms with Crippen molar-refractivity contribution in [2.45, 2.75) is 62.9 Å². The van der Waals surface area contributed by atoms with E-state index in [0.29, 0.717) is 38.6 Å². The van der Waals surface area contributed by atoms with E-state index in [1.807, 2.05) is 60.7 Å². The zero-order valence-electron chi connectivity index (χ0n) is 26.2. The Kier molecular flexibility index (Phi) is 11.9. The molecule has 0 aliphatic heterocycles. The van der Waals surface area contributed by atoms with Gasteiger partial charge in [0.2, 0.25) is 5.91 Å². The van der Waals surface area contributed by atoms with Crippen LogP contribution in [0.25, 0.3) is 0 Å². The van der Waals surface area contributed by atoms with Gasteiger partial charge in [0.05, 0.1) is 22.4 Å². The molecule has 2 unspecified atom stereocenters. The van der Waals surface area contributed by atoms with Crippen molar-refractivity contribution < 1.29 is 24.2 Å². The molecule has 248 valence electrons. The fraction of sp³-hybridized carbons (Fsp3) is 0.382. The summed E-state index contributed by atoms with van der Waals surface area (Å²) in [5.74, 6) is -0.713. The summed E-state index contributed by atoms with van der Waals surface area (Å²) in [6, 6.07) is 18.8. The molecule has 1 saturated carbocycles. The maximum Gasteiger partial charge on any atom is 0.407 e. The predicted molar refractivity (Wildman–Crippen MR) is 181 cm³/mol. The van der Waals surface area contributed by atoms with Gasteiger partial charge in [-0.05, 0) is 43.2 Å². The highest BCUT2D eigenvalue weighted by atomic mass is 32.1. The Labute approximate surface area is 282 Å². The minimum absolute atomic E-state index is 0.139. The van der Waals surface area contributed by atoms with Gasteiger partial charge < -0.3 is 30.7 Å². The average molecular weight is 677 g/mol. The maximum absolute atomic E-state index is 13.9. The first-order valence-corrected chi connectivity index (χ1v) is 17.3. The third kappa shape index (κ3) is 9.83. The summed E-state index contributed by atoms with van der Waals surface area (Å²) in [5.41, 5.74) is 4.31. The molecule has 47 heavy (non-hydrogen) atoms. The summed E-state index contributed by atoms with van der Waals surface area (Å²) in [7, 11) is 1.66. The van der Waals surface area contributed by atoms with Crippen molar-refractivity contribution in [2.75, 3.05) is 13.7 Å². The molecule has 1 aliphatic rings. The highest BCUT2D eigenvalue weighted by Crippen LogP contribution is 2.43. The van der Waals surface area contributed by atoms with E-state index in [1.54, 1.807) is 30.5 Å². The molecule has 11 nitrogen and oxygen atoms in total. The second-order valence-electron chi connectivity index (χ2n) is 11.8. The Balaban J connectivity index is 1.27. The lowest BCUT2D eigenvalue weighted by Gasteiger charge is -2.27. The summed E-state index contributed by atoms with van der Waals surface area (Å²) in [6.07, 6.45) is 5.45. The van der Waals surface area contributed by atoms with Crippen LogP contribution in [0.3, 0.4) is 0 Å². The van der Waals surface area contributed by atoms with Crippen molar-refractivity contribution in [2.24, 2.45) is 5.92 Å². The Morgan fingerprint density at radius 2 is 1.49 bits per heavy atom. The number of thiazole rings is 2. The number of aromatic nitrogens is 2. The number of urea groups is 1. The highest BCUT2D eigenvalue weighted by molar-refractivity contribution is 7.09. The van der Waals surface area contributed by atoms with E-state index in [4.69, 9.17) is 4.74 Å². The number of aliphatic hydroxyl groups excluding tert-OH is 1. The molecule has 0 saturated heterocycles. The van der Waals surface area contributed by atoms with Crippen molar-refractivity contribution in [3.63, 3.8) is 0 Å². The number of aliphatic hydroxyl groups is 1. The van der Waals surface area contributed by atoms with Crippen LogP contribution in [-0.4, -0.2) is 69.3 Å². The lowest BCUT2D eigenvalue weighted by Crippen LogP contribution is -2.56. The monoisotopic (exact) mass is 676 g/mol. The Morgan fingerprint density at radius 3 is 2.02 bits per heavy atom. The lowest BCUT2D eigenvalue weighted by molar-refractivity contribution is -0.125. The molecule has 0 spiro atoms. The van der Waals surface area contributed by atoms with Crippen molar-refractivity contribution in [3.8, 4) is 0 Å². The van der Waals surface area contributed by atoms with Crippen molar-refractivity contribution >= 4 is 40.7 Å². The number of benzene rings is 2. The van der Waals surface area contributed by atoms with Crippen LogP contribution in [0.15, 0.2) is 84.1 Å². The van der Waals surface area contributed by atoms with Crippen molar-refractivity contribution in [1.29, 1.82) is 0 Å². The van der Waals surface area contributed by atoms with Gasteiger partial charge in [-0.3, -0.25) is 14.8 Å². The standard InChI is InChI=1S/C34H40N6O5S2/c1-40(19-29-17-35-22-46-29)32(43)39-34(16-26(34)20-41)31(42)37-27(14-24-8-4-2-5-9-24)12-13-28(15-25-10-6-3-7-11-25)38-33(44)45-21-30-18-36-23-47-30/h2-11,17-18,22-23,26-28,41H,12-16,19-21H2,1H3,(H,37,42)(H,38,44)(H,39,43)/t26?,27-,28-,34?/m1/s1. The number of hydrogen-bond acceptors (Lipinski definition) is 9. The Morgan fingerprint density at radius 1 is 0.915 bits per heavy atom. The number of amides is 4. The lowest BCUT2D eigenvalue weighted by atomic mass is 9.95. The average Bonchev–Trinajstić information content (AvgIpc) is 3.39. The molecular formula is C34H40N6O5S2. The minimum Gasteiger partial charge on any atom is -0.444 e. The maximum atomic E-state index is 13.9. The van der Waals surface area contributed by atoms with Crippen LogP contribution < -0.4 is 16.0 Å². The molecule has 4 aromatic rings. The largest absolute Gasteiger partial charge is 0.444 e. The van der Waals surface area contributed by atoms with Crippen LogP contribution in [0.2, 0.25) is 0 Å². The van der Waals surface area contributed by atoms with E-state index in [-0.39, 0.29) is 37.1 Å². The number of nitrogens with one attached hydrogen (secondary N) is 3. The van der Waals surface area contributed by atoms with E-state index < -0.39 is 17.7 Å². The summed E-state index contributed by atoms with van der Waals surface area (Å²) in [5, 5.41) is 19.2. The number of ether oxygens (including phenoxy) is 1. The van der Waals surface area contributed by atoms with Crippen molar-refractivity contribution in [1.82, 2.24) is 30.8 Å². The first-order valence-electron chi connectivity index (χ1n) is 15.6. The zero-order chi connectivity index (χ0) is 33.1. The van der Waals surface area contributed by atoms with Crippen LogP contribution in [0, 0.1) is 5.92 Å². The van der Waals surface area contributed by atoms with E-state index in [1.165, 1.54) is 27.6 Å². The molecule has 0 bridgehead atoms.